The van der Waals surface area contributed by atoms with Gasteiger partial charge in [0.25, 0.3) is 0 Å². The zero-order valence-corrected chi connectivity index (χ0v) is 72.1. The molecule has 15 rings (SSSR count). The standard InChI is InChI=1S/C23H34F2.C22H32F2.C21H30F2.C20H28F2.C20H26F2/c1-2-3-4-5-17-6-8-18(9-7-17)19-10-12-20(13-11-19)21-14-15-22(24)23(25)16-21;1-2-3-4-16-5-7-17(8-6-16)18-9-11-19(12-10-18)20-13-14-21(23)22(24)15-20;1-2-3-15-4-6-16(7-5-15)17-8-10-18(11-9-17)19-12-13-20(22)21(23)14-19;2*1-2-14-3-5-15(6-4-14)16-7-9-17(10-8-16)18-11-12-19(21)20(22)13-18/h14-20H,2-13H2,1H3;13-19H,2-12H2,1H3;12-18H,2-11H2,1H3;11-17H,2-10H2,1H3;2,11-17H,1,3-10H2. The molecule has 10 aliphatic rings. The van der Waals surface area contributed by atoms with Crippen LogP contribution in [0.4, 0.5) is 43.9 Å². The summed E-state index contributed by atoms with van der Waals surface area (Å²) in [5.74, 6) is 8.55. The Morgan fingerprint density at radius 1 is 0.224 bits per heavy atom. The predicted octanol–water partition coefficient (Wildman–Crippen LogP) is 34.4. The van der Waals surface area contributed by atoms with Gasteiger partial charge in [-0.05, 0) is 412 Å². The largest absolute Gasteiger partial charge is 0.204 e. The minimum Gasteiger partial charge on any atom is -0.204 e. The summed E-state index contributed by atoms with van der Waals surface area (Å²) in [5, 5.41) is 0. The molecule has 116 heavy (non-hydrogen) atoms. The van der Waals surface area contributed by atoms with Gasteiger partial charge in [-0.15, -0.1) is 6.58 Å². The second kappa shape index (κ2) is 47.5. The van der Waals surface area contributed by atoms with Crippen molar-refractivity contribution in [2.24, 2.45) is 88.8 Å². The van der Waals surface area contributed by atoms with Crippen molar-refractivity contribution in [3.63, 3.8) is 0 Å². The molecule has 10 aliphatic carbocycles. The highest BCUT2D eigenvalue weighted by atomic mass is 19.2. The van der Waals surface area contributed by atoms with E-state index in [4.69, 9.17) is 0 Å². The second-order valence-electron chi connectivity index (χ2n) is 39.3. The third kappa shape index (κ3) is 27.3. The number of unbranched alkanes of at least 4 members (excludes halogenated alkanes) is 3. The lowest BCUT2D eigenvalue weighted by atomic mass is 9.68. The lowest BCUT2D eigenvalue weighted by Gasteiger charge is -2.38. The van der Waals surface area contributed by atoms with E-state index in [0.717, 1.165) is 181 Å². The minimum atomic E-state index is -0.739. The van der Waals surface area contributed by atoms with Gasteiger partial charge in [-0.1, -0.05) is 180 Å². The fourth-order valence-corrected chi connectivity index (χ4v) is 24.8. The first kappa shape index (κ1) is 91.9. The molecule has 10 fully saturated rings. The minimum absolute atomic E-state index is 0.413. The lowest BCUT2D eigenvalue weighted by molar-refractivity contribution is 0.155. The fourth-order valence-electron chi connectivity index (χ4n) is 24.8. The van der Waals surface area contributed by atoms with E-state index < -0.39 is 58.2 Å². The predicted molar refractivity (Wildman–Crippen MR) is 462 cm³/mol. The quantitative estimate of drug-likeness (QED) is 0.0390. The molecule has 0 saturated heterocycles. The Hall–Kier alpha value is -4.86. The topological polar surface area (TPSA) is 0 Å². The van der Waals surface area contributed by atoms with Crippen LogP contribution in [0.2, 0.25) is 0 Å². The molecule has 10 heteroatoms. The van der Waals surface area contributed by atoms with E-state index >= 15 is 0 Å². The number of rotatable bonds is 21. The SMILES string of the molecule is C=CC1CCC(C2CCC(c3ccc(F)c(F)c3)CC2)CC1.CCC1CCC(C2CCC(c3ccc(F)c(F)c3)CC2)CC1.CCCC1CCC(C2CCC(c3ccc(F)c(F)c3)CC2)CC1.CCCCC1CCC(C2CCC(c3ccc(F)c(F)c3)CC2)CC1.CCCCCC1CCC(C2CCC(c3ccc(F)c(F)c3)CC2)CC1. The molecule has 0 unspecified atom stereocenters. The molecule has 10 saturated carbocycles. The maximum atomic E-state index is 13.5. The van der Waals surface area contributed by atoms with E-state index in [1.165, 1.54) is 317 Å². The van der Waals surface area contributed by atoms with Crippen molar-refractivity contribution in [1.29, 1.82) is 0 Å². The van der Waals surface area contributed by atoms with Crippen molar-refractivity contribution < 1.29 is 43.9 Å². The van der Waals surface area contributed by atoms with E-state index in [1.807, 2.05) is 0 Å². The molecule has 0 aromatic heterocycles. The summed E-state index contributed by atoms with van der Waals surface area (Å²) in [4.78, 5) is 0. The van der Waals surface area contributed by atoms with Gasteiger partial charge in [-0.3, -0.25) is 0 Å². The van der Waals surface area contributed by atoms with Crippen LogP contribution in [0.15, 0.2) is 104 Å². The Morgan fingerprint density at radius 3 is 0.638 bits per heavy atom. The summed E-state index contributed by atoms with van der Waals surface area (Å²) < 4.78 is 133. The number of hydrogen-bond donors (Lipinski definition) is 0. The van der Waals surface area contributed by atoms with E-state index in [-0.39, 0.29) is 0 Å². The van der Waals surface area contributed by atoms with E-state index in [0.29, 0.717) is 29.6 Å². The van der Waals surface area contributed by atoms with Gasteiger partial charge < -0.3 is 0 Å². The Morgan fingerprint density at radius 2 is 0.431 bits per heavy atom. The lowest BCUT2D eigenvalue weighted by Crippen LogP contribution is -2.25. The number of benzene rings is 5. The Labute approximate surface area is 696 Å². The van der Waals surface area contributed by atoms with Crippen molar-refractivity contribution >= 4 is 0 Å². The number of hydrogen-bond acceptors (Lipinski definition) is 0. The van der Waals surface area contributed by atoms with Crippen molar-refractivity contribution in [3.05, 3.63) is 190 Å². The molecule has 5 aromatic carbocycles. The molecule has 0 heterocycles. The van der Waals surface area contributed by atoms with Crippen LogP contribution < -0.4 is 0 Å². The van der Waals surface area contributed by atoms with Gasteiger partial charge in [0.15, 0.2) is 58.2 Å². The highest BCUT2D eigenvalue weighted by Crippen LogP contribution is 2.51. The van der Waals surface area contributed by atoms with Crippen LogP contribution in [-0.2, 0) is 0 Å². The Balaban J connectivity index is 0.000000143. The van der Waals surface area contributed by atoms with Gasteiger partial charge >= 0.3 is 0 Å². The van der Waals surface area contributed by atoms with Gasteiger partial charge in [0, 0.05) is 0 Å². The van der Waals surface area contributed by atoms with Crippen molar-refractivity contribution in [2.75, 3.05) is 0 Å². The summed E-state index contributed by atoms with van der Waals surface area (Å²) in [6, 6.07) is 22.3. The van der Waals surface area contributed by atoms with Gasteiger partial charge in [-0.2, -0.15) is 0 Å². The molecule has 0 radical (unpaired) electrons. The Bertz CT molecular complexity index is 3610. The van der Waals surface area contributed by atoms with Crippen LogP contribution >= 0.6 is 0 Å². The molecular formula is C106H150F10. The zero-order valence-electron chi connectivity index (χ0n) is 72.1. The molecule has 0 spiro atoms. The van der Waals surface area contributed by atoms with Crippen LogP contribution in [0, 0.1) is 147 Å². The molecule has 0 N–H and O–H groups in total. The second-order valence-corrected chi connectivity index (χ2v) is 39.3. The maximum Gasteiger partial charge on any atom is 0.159 e. The van der Waals surface area contributed by atoms with E-state index in [9.17, 15) is 43.9 Å². The first-order valence-corrected chi connectivity index (χ1v) is 48.2. The molecule has 0 nitrogen and oxygen atoms in total. The van der Waals surface area contributed by atoms with Crippen molar-refractivity contribution in [3.8, 4) is 0 Å². The smallest absolute Gasteiger partial charge is 0.159 e. The summed E-state index contributed by atoms with van der Waals surface area (Å²) >= 11 is 0. The number of allylic oxidation sites excluding steroid dienone is 1. The van der Waals surface area contributed by atoms with Crippen LogP contribution in [0.5, 0.6) is 0 Å². The molecule has 0 atom stereocenters. The zero-order chi connectivity index (χ0) is 81.9. The molecule has 644 valence electrons. The molecule has 5 aromatic rings. The summed E-state index contributed by atoms with van der Waals surface area (Å²) in [5.41, 5.74) is 4.96. The monoisotopic (exact) mass is 1610 g/mol. The van der Waals surface area contributed by atoms with E-state index in [1.54, 1.807) is 30.3 Å². The van der Waals surface area contributed by atoms with Gasteiger partial charge in [-0.25, -0.2) is 43.9 Å². The first-order chi connectivity index (χ1) is 56.3. The molecule has 0 aliphatic heterocycles. The van der Waals surface area contributed by atoms with Crippen molar-refractivity contribution in [1.82, 2.24) is 0 Å². The number of halogens is 10. The summed E-state index contributed by atoms with van der Waals surface area (Å²) in [6.07, 6.45) is 68.2. The highest BCUT2D eigenvalue weighted by molar-refractivity contribution is 5.27. The summed E-state index contributed by atoms with van der Waals surface area (Å²) in [6.45, 7) is 13.1. The van der Waals surface area contributed by atoms with Crippen LogP contribution in [-0.4, -0.2) is 0 Å². The first-order valence-electron chi connectivity index (χ1n) is 48.2. The molecule has 0 amide bonds. The van der Waals surface area contributed by atoms with Gasteiger partial charge in [0.1, 0.15) is 0 Å². The summed E-state index contributed by atoms with van der Waals surface area (Å²) in [7, 11) is 0. The van der Waals surface area contributed by atoms with Crippen LogP contribution in [0.1, 0.15) is 406 Å². The average molecular weight is 1610 g/mol. The molecule has 0 bridgehead atoms. The third-order valence-electron chi connectivity index (χ3n) is 32.4. The van der Waals surface area contributed by atoms with Gasteiger partial charge in [0.2, 0.25) is 0 Å². The normalized spacial score (nSPS) is 31.7. The Kier molecular flexibility index (Phi) is 37.6. The average Bonchev–Trinajstić information content (AvgIpc) is 0.843. The molecular weight excluding hydrogens is 1460 g/mol. The van der Waals surface area contributed by atoms with Crippen molar-refractivity contribution in [2.45, 2.75) is 378 Å². The third-order valence-corrected chi connectivity index (χ3v) is 32.4. The van der Waals surface area contributed by atoms with E-state index in [2.05, 4.69) is 40.3 Å². The van der Waals surface area contributed by atoms with Crippen LogP contribution in [0.25, 0.3) is 0 Å². The highest BCUT2D eigenvalue weighted by Gasteiger charge is 2.38. The fraction of sp³-hybridized carbons (Fsp3) is 0.698. The maximum absolute atomic E-state index is 13.5. The van der Waals surface area contributed by atoms with Gasteiger partial charge in [0.05, 0.1) is 0 Å². The van der Waals surface area contributed by atoms with Crippen LogP contribution in [0.3, 0.4) is 0 Å².